The molecular formula is C21H34N2O5S. The molecular weight excluding hydrogens is 392 g/mol. The highest BCUT2D eigenvalue weighted by atomic mass is 32.2. The predicted molar refractivity (Wildman–Crippen MR) is 113 cm³/mol. The lowest BCUT2D eigenvalue weighted by atomic mass is 9.94. The van der Waals surface area contributed by atoms with Crippen molar-refractivity contribution in [3.8, 4) is 0 Å². The Balaban J connectivity index is 1.72. The number of nitrogens with one attached hydrogen (secondary N) is 1. The van der Waals surface area contributed by atoms with Crippen molar-refractivity contribution in [3.05, 3.63) is 33.7 Å². The van der Waals surface area contributed by atoms with Crippen molar-refractivity contribution >= 4 is 10.0 Å². The van der Waals surface area contributed by atoms with Crippen LogP contribution >= 0.6 is 0 Å². The van der Waals surface area contributed by atoms with Crippen LogP contribution in [0.2, 0.25) is 0 Å². The molecule has 164 valence electrons. The van der Waals surface area contributed by atoms with Crippen LogP contribution in [0.1, 0.15) is 63.3 Å². The Morgan fingerprint density at radius 2 is 1.79 bits per heavy atom. The van der Waals surface area contributed by atoms with Gasteiger partial charge in [-0.2, -0.15) is 0 Å². The summed E-state index contributed by atoms with van der Waals surface area (Å²) in [5, 5.41) is 0. The second-order valence-electron chi connectivity index (χ2n) is 8.70. The van der Waals surface area contributed by atoms with Gasteiger partial charge in [-0.1, -0.05) is 6.07 Å². The van der Waals surface area contributed by atoms with Gasteiger partial charge in [0.15, 0.2) is 0 Å². The van der Waals surface area contributed by atoms with E-state index in [0.717, 1.165) is 37.6 Å². The normalized spacial score (nSPS) is 27.8. The highest BCUT2D eigenvalue weighted by Crippen LogP contribution is 2.28. The van der Waals surface area contributed by atoms with Crippen molar-refractivity contribution in [2.75, 3.05) is 12.9 Å². The Kier molecular flexibility index (Phi) is 7.19. The molecule has 8 heteroatoms. The molecule has 0 radical (unpaired) electrons. The molecule has 0 amide bonds. The van der Waals surface area contributed by atoms with Crippen LogP contribution in [0.3, 0.4) is 0 Å². The van der Waals surface area contributed by atoms with Gasteiger partial charge in [0.05, 0.1) is 37.2 Å². The maximum absolute atomic E-state index is 12.8. The van der Waals surface area contributed by atoms with Crippen LogP contribution in [0.15, 0.2) is 16.9 Å². The molecule has 1 aromatic rings. The quantitative estimate of drug-likeness (QED) is 0.723. The lowest BCUT2D eigenvalue weighted by molar-refractivity contribution is -0.0586. The number of aryl methyl sites for hydroxylation is 2. The van der Waals surface area contributed by atoms with Crippen molar-refractivity contribution in [1.82, 2.24) is 9.29 Å². The van der Waals surface area contributed by atoms with Crippen molar-refractivity contribution in [2.45, 2.75) is 89.7 Å². The minimum absolute atomic E-state index is 0.0647. The van der Waals surface area contributed by atoms with Gasteiger partial charge in [-0.05, 0) is 65.4 Å². The fourth-order valence-corrected chi connectivity index (χ4v) is 5.32. The molecule has 0 aromatic carbocycles. The van der Waals surface area contributed by atoms with E-state index in [1.807, 2.05) is 12.1 Å². The smallest absolute Gasteiger partial charge is 0.254 e. The van der Waals surface area contributed by atoms with Gasteiger partial charge in [0.25, 0.3) is 5.56 Å². The van der Waals surface area contributed by atoms with E-state index < -0.39 is 10.0 Å². The average molecular weight is 427 g/mol. The first-order chi connectivity index (χ1) is 13.6. The largest absolute Gasteiger partial charge is 0.376 e. The summed E-state index contributed by atoms with van der Waals surface area (Å²) in [4.78, 5) is 12.8. The molecule has 1 aromatic heterocycles. The minimum atomic E-state index is -3.38. The zero-order valence-corrected chi connectivity index (χ0v) is 18.7. The van der Waals surface area contributed by atoms with Gasteiger partial charge in [-0.3, -0.25) is 4.79 Å². The van der Waals surface area contributed by atoms with Gasteiger partial charge in [-0.25, -0.2) is 13.1 Å². The van der Waals surface area contributed by atoms with Crippen molar-refractivity contribution in [2.24, 2.45) is 0 Å². The number of pyridine rings is 1. The predicted octanol–water partition coefficient (Wildman–Crippen LogP) is 2.31. The summed E-state index contributed by atoms with van der Waals surface area (Å²) in [5.74, 6) is 0. The number of hydrogen-bond donors (Lipinski definition) is 1. The molecule has 1 N–H and O–H groups in total. The van der Waals surface area contributed by atoms with Gasteiger partial charge in [0, 0.05) is 17.3 Å². The Bertz CT molecular complexity index is 856. The molecule has 0 bridgehead atoms. The molecule has 1 aliphatic carbocycles. The molecule has 29 heavy (non-hydrogen) atoms. The molecule has 0 saturated heterocycles. The third-order valence-corrected chi connectivity index (χ3v) is 6.58. The monoisotopic (exact) mass is 426 g/mol. The van der Waals surface area contributed by atoms with E-state index in [1.54, 1.807) is 11.5 Å². The van der Waals surface area contributed by atoms with E-state index in [1.165, 1.54) is 0 Å². The molecule has 1 fully saturated rings. The summed E-state index contributed by atoms with van der Waals surface area (Å²) in [5.41, 5.74) is 1.53. The molecule has 7 nitrogen and oxygen atoms in total. The Labute approximate surface area is 173 Å². The number of hydrogen-bond acceptors (Lipinski definition) is 5. The molecule has 0 spiro atoms. The van der Waals surface area contributed by atoms with E-state index in [4.69, 9.17) is 9.47 Å². The molecule has 2 atom stereocenters. The Hall–Kier alpha value is -1.22. The van der Waals surface area contributed by atoms with Gasteiger partial charge < -0.3 is 14.0 Å². The Morgan fingerprint density at radius 3 is 2.41 bits per heavy atom. The van der Waals surface area contributed by atoms with Crippen molar-refractivity contribution in [3.63, 3.8) is 0 Å². The number of nitrogens with zero attached hydrogens (tertiary/aromatic N) is 1. The standard InChI is InChI=1S/C21H34N2O5S/c1-14(2)28-18-10-8-17(9-11-18)27-13-20-19(22-29(4,25)26)12-7-16-6-5-15(3)21(24)23(16)20/h5-6,14,17-20,22H,7-13H2,1-4H3/t17?,18?,19-,20-/m0/s1. The van der Waals surface area contributed by atoms with Crippen LogP contribution in [-0.4, -0.2) is 50.2 Å². The summed E-state index contributed by atoms with van der Waals surface area (Å²) in [6.07, 6.45) is 6.89. The summed E-state index contributed by atoms with van der Waals surface area (Å²) in [6, 6.07) is 3.12. The molecule has 2 heterocycles. The van der Waals surface area contributed by atoms with Gasteiger partial charge >= 0.3 is 0 Å². The summed E-state index contributed by atoms with van der Waals surface area (Å²) in [7, 11) is -3.38. The average Bonchev–Trinajstić information content (AvgIpc) is 2.63. The van der Waals surface area contributed by atoms with Crippen LogP contribution in [0.4, 0.5) is 0 Å². The highest BCUT2D eigenvalue weighted by molar-refractivity contribution is 7.88. The molecule has 0 unspecified atom stereocenters. The first-order valence-corrected chi connectivity index (χ1v) is 12.5. The zero-order chi connectivity index (χ0) is 21.2. The second-order valence-corrected chi connectivity index (χ2v) is 10.5. The SMILES string of the molecule is Cc1ccc2n(c1=O)[C@@H](COC1CCC(OC(C)C)CC1)[C@@H](NS(C)(=O)=O)CC2. The van der Waals surface area contributed by atoms with Gasteiger partial charge in [-0.15, -0.1) is 0 Å². The molecule has 1 aliphatic heterocycles. The van der Waals surface area contributed by atoms with Crippen molar-refractivity contribution in [1.29, 1.82) is 0 Å². The van der Waals surface area contributed by atoms with Crippen LogP contribution in [0.25, 0.3) is 0 Å². The van der Waals surface area contributed by atoms with Crippen LogP contribution in [0, 0.1) is 6.92 Å². The lowest BCUT2D eigenvalue weighted by Gasteiger charge is -2.37. The summed E-state index contributed by atoms with van der Waals surface area (Å²) >= 11 is 0. The molecule has 3 rings (SSSR count). The summed E-state index contributed by atoms with van der Waals surface area (Å²) in [6.45, 7) is 6.22. The van der Waals surface area contributed by atoms with E-state index in [9.17, 15) is 13.2 Å². The maximum Gasteiger partial charge on any atom is 0.254 e. The number of aromatic nitrogens is 1. The fraction of sp³-hybridized carbons (Fsp3) is 0.762. The topological polar surface area (TPSA) is 86.6 Å². The van der Waals surface area contributed by atoms with Crippen LogP contribution < -0.4 is 10.3 Å². The van der Waals surface area contributed by atoms with E-state index in [-0.39, 0.29) is 36.0 Å². The van der Waals surface area contributed by atoms with Crippen LogP contribution in [-0.2, 0) is 25.9 Å². The number of ether oxygens (including phenoxy) is 2. The van der Waals surface area contributed by atoms with E-state index in [2.05, 4.69) is 18.6 Å². The maximum atomic E-state index is 12.8. The van der Waals surface area contributed by atoms with E-state index in [0.29, 0.717) is 25.0 Å². The first-order valence-electron chi connectivity index (χ1n) is 10.6. The molecule has 2 aliphatic rings. The molecule has 1 saturated carbocycles. The second kappa shape index (κ2) is 9.29. The third kappa shape index (κ3) is 5.90. The minimum Gasteiger partial charge on any atom is -0.376 e. The fourth-order valence-electron chi connectivity index (χ4n) is 4.49. The number of rotatable bonds is 7. The van der Waals surface area contributed by atoms with E-state index >= 15 is 0 Å². The van der Waals surface area contributed by atoms with Crippen LogP contribution in [0.5, 0.6) is 0 Å². The highest BCUT2D eigenvalue weighted by Gasteiger charge is 2.33. The number of fused-ring (bicyclic) bond motifs is 1. The lowest BCUT2D eigenvalue weighted by Crippen LogP contribution is -2.49. The Morgan fingerprint density at radius 1 is 1.14 bits per heavy atom. The van der Waals surface area contributed by atoms with Gasteiger partial charge in [0.2, 0.25) is 10.0 Å². The van der Waals surface area contributed by atoms with Crippen molar-refractivity contribution < 1.29 is 17.9 Å². The van der Waals surface area contributed by atoms with Gasteiger partial charge in [0.1, 0.15) is 0 Å². The summed E-state index contributed by atoms with van der Waals surface area (Å²) < 4.78 is 40.4. The third-order valence-electron chi connectivity index (χ3n) is 5.85. The first kappa shape index (κ1) is 22.5. The number of sulfonamides is 1. The zero-order valence-electron chi connectivity index (χ0n) is 17.9.